The van der Waals surface area contributed by atoms with Crippen LogP contribution in [0.1, 0.15) is 24.9 Å². The predicted octanol–water partition coefficient (Wildman–Crippen LogP) is -0.00960. The maximum atomic E-state index is 12.7. The first kappa shape index (κ1) is 20.2. The largest absolute Gasteiger partial charge is 0.504 e. The normalized spacial score (nSPS) is 20.7. The Kier molecular flexibility index (Phi) is 6.21. The highest BCUT2D eigenvalue weighted by Crippen LogP contribution is 2.40. The number of rotatable bonds is 7. The number of carbonyl (C=O) groups is 2. The van der Waals surface area contributed by atoms with E-state index in [1.54, 1.807) is 12.1 Å². The summed E-state index contributed by atoms with van der Waals surface area (Å²) >= 11 is 0. The van der Waals surface area contributed by atoms with Gasteiger partial charge in [0.05, 0.1) is 38.5 Å². The third-order valence-corrected chi connectivity index (χ3v) is 5.33. The summed E-state index contributed by atoms with van der Waals surface area (Å²) in [6.45, 7) is 6.00. The standard InChI is InChI=1S/C20H26N2O6/c1-13(23)17-18(14-4-5-15(24)16(12-14)27-2)22(20(26)19(17)25)7-3-6-21-8-10-28-11-9-21/h4-5,12,18,24-25H,3,6-11H2,1-2H3/p+1/t18-/m0/s1. The van der Waals surface area contributed by atoms with Gasteiger partial charge in [-0.25, -0.2) is 0 Å². The zero-order valence-electron chi connectivity index (χ0n) is 16.2. The second-order valence-electron chi connectivity index (χ2n) is 7.12. The maximum Gasteiger partial charge on any atom is 0.290 e. The molecule has 3 N–H and O–H groups in total. The summed E-state index contributed by atoms with van der Waals surface area (Å²) in [6, 6.07) is 3.99. The molecule has 0 bridgehead atoms. The van der Waals surface area contributed by atoms with Crippen molar-refractivity contribution in [3.05, 3.63) is 35.1 Å². The molecule has 28 heavy (non-hydrogen) atoms. The molecule has 1 atom stereocenters. The fourth-order valence-corrected chi connectivity index (χ4v) is 3.86. The molecule has 1 saturated heterocycles. The van der Waals surface area contributed by atoms with Gasteiger partial charge in [-0.15, -0.1) is 0 Å². The van der Waals surface area contributed by atoms with E-state index in [2.05, 4.69) is 0 Å². The summed E-state index contributed by atoms with van der Waals surface area (Å²) in [5, 5.41) is 20.2. The number of quaternary nitrogens is 1. The Morgan fingerprint density at radius 1 is 1.32 bits per heavy atom. The number of aliphatic hydroxyl groups excluding tert-OH is 1. The summed E-state index contributed by atoms with van der Waals surface area (Å²) < 4.78 is 10.5. The van der Waals surface area contributed by atoms with Gasteiger partial charge in [0.2, 0.25) is 0 Å². The maximum absolute atomic E-state index is 12.7. The second-order valence-corrected chi connectivity index (χ2v) is 7.12. The Morgan fingerprint density at radius 3 is 2.68 bits per heavy atom. The molecular weight excluding hydrogens is 364 g/mol. The summed E-state index contributed by atoms with van der Waals surface area (Å²) in [5.74, 6) is -1.18. The highest BCUT2D eigenvalue weighted by atomic mass is 16.5. The number of phenols is 1. The number of benzene rings is 1. The molecule has 0 spiro atoms. The number of ketones is 1. The van der Waals surface area contributed by atoms with Gasteiger partial charge in [0.1, 0.15) is 13.1 Å². The van der Waals surface area contributed by atoms with Crippen molar-refractivity contribution in [1.82, 2.24) is 4.90 Å². The van der Waals surface area contributed by atoms with Gasteiger partial charge in [-0.3, -0.25) is 9.59 Å². The van der Waals surface area contributed by atoms with Gasteiger partial charge in [0.25, 0.3) is 5.91 Å². The van der Waals surface area contributed by atoms with Crippen LogP contribution in [0.15, 0.2) is 29.5 Å². The van der Waals surface area contributed by atoms with E-state index in [4.69, 9.17) is 9.47 Å². The van der Waals surface area contributed by atoms with E-state index in [1.165, 1.54) is 29.9 Å². The molecule has 8 heteroatoms. The number of hydrogen-bond acceptors (Lipinski definition) is 6. The van der Waals surface area contributed by atoms with Gasteiger partial charge in [0, 0.05) is 13.0 Å². The van der Waals surface area contributed by atoms with Crippen LogP contribution in [-0.4, -0.2) is 73.3 Å². The molecule has 2 aliphatic rings. The molecule has 0 radical (unpaired) electrons. The Bertz CT molecular complexity index is 785. The molecular formula is C20H27N2O6+. The van der Waals surface area contributed by atoms with Crippen LogP contribution < -0.4 is 9.64 Å². The third-order valence-electron chi connectivity index (χ3n) is 5.33. The van der Waals surface area contributed by atoms with Crippen LogP contribution in [0.25, 0.3) is 0 Å². The molecule has 0 aliphatic carbocycles. The Balaban J connectivity index is 1.83. The number of aromatic hydroxyl groups is 1. The third kappa shape index (κ3) is 3.98. The van der Waals surface area contributed by atoms with Crippen LogP contribution in [0.4, 0.5) is 0 Å². The SMILES string of the molecule is COc1cc([C@H]2C(C(C)=O)=C(O)C(=O)N2CCC[NH+]2CCOCC2)ccc1O. The van der Waals surface area contributed by atoms with Crippen LogP contribution in [0, 0.1) is 0 Å². The first-order valence-electron chi connectivity index (χ1n) is 9.47. The van der Waals surface area contributed by atoms with E-state index < -0.39 is 17.7 Å². The number of Topliss-reactive ketones (excluding diaryl/α,β-unsaturated/α-hetero) is 1. The highest BCUT2D eigenvalue weighted by Gasteiger charge is 2.42. The molecule has 8 nitrogen and oxygen atoms in total. The highest BCUT2D eigenvalue weighted by molar-refractivity contribution is 6.08. The summed E-state index contributed by atoms with van der Waals surface area (Å²) in [6.07, 6.45) is 0.741. The van der Waals surface area contributed by atoms with E-state index in [-0.39, 0.29) is 22.9 Å². The quantitative estimate of drug-likeness (QED) is 0.605. The van der Waals surface area contributed by atoms with E-state index >= 15 is 0 Å². The molecule has 1 amide bonds. The van der Waals surface area contributed by atoms with Crippen molar-refractivity contribution in [3.8, 4) is 11.5 Å². The van der Waals surface area contributed by atoms with Crippen molar-refractivity contribution in [2.24, 2.45) is 0 Å². The molecule has 1 aromatic carbocycles. The number of hydrogen-bond donors (Lipinski definition) is 3. The second kappa shape index (κ2) is 8.62. The molecule has 2 aliphatic heterocycles. The number of morpholine rings is 1. The predicted molar refractivity (Wildman–Crippen MR) is 100 cm³/mol. The average molecular weight is 391 g/mol. The lowest BCUT2D eigenvalue weighted by Crippen LogP contribution is -3.14. The number of ether oxygens (including phenoxy) is 2. The van der Waals surface area contributed by atoms with Crippen molar-refractivity contribution < 1.29 is 34.2 Å². The first-order valence-corrected chi connectivity index (χ1v) is 9.47. The fourth-order valence-electron chi connectivity index (χ4n) is 3.86. The molecule has 2 heterocycles. The van der Waals surface area contributed by atoms with Gasteiger partial charge in [-0.05, 0) is 24.6 Å². The van der Waals surface area contributed by atoms with Crippen molar-refractivity contribution in [2.75, 3.05) is 46.5 Å². The number of nitrogens with one attached hydrogen (secondary N) is 1. The molecule has 0 saturated carbocycles. The number of amides is 1. The van der Waals surface area contributed by atoms with Gasteiger partial charge in [-0.1, -0.05) is 6.07 Å². The Morgan fingerprint density at radius 2 is 2.04 bits per heavy atom. The zero-order chi connectivity index (χ0) is 20.3. The summed E-state index contributed by atoms with van der Waals surface area (Å²) in [7, 11) is 1.43. The molecule has 0 unspecified atom stereocenters. The van der Waals surface area contributed by atoms with Gasteiger partial charge in [0.15, 0.2) is 23.0 Å². The number of aliphatic hydroxyl groups is 1. The molecule has 1 aromatic rings. The molecule has 152 valence electrons. The van der Waals surface area contributed by atoms with Gasteiger partial charge in [-0.2, -0.15) is 0 Å². The van der Waals surface area contributed by atoms with Crippen LogP contribution in [0.3, 0.4) is 0 Å². The monoisotopic (exact) mass is 391 g/mol. The summed E-state index contributed by atoms with van der Waals surface area (Å²) in [5.41, 5.74) is 0.687. The minimum Gasteiger partial charge on any atom is -0.504 e. The lowest BCUT2D eigenvalue weighted by Gasteiger charge is -2.28. The van der Waals surface area contributed by atoms with Gasteiger partial charge < -0.3 is 29.5 Å². The number of methoxy groups -OCH3 is 1. The lowest BCUT2D eigenvalue weighted by atomic mass is 9.96. The summed E-state index contributed by atoms with van der Waals surface area (Å²) in [4.78, 5) is 27.8. The zero-order valence-corrected chi connectivity index (χ0v) is 16.2. The minimum atomic E-state index is -0.695. The van der Waals surface area contributed by atoms with Crippen molar-refractivity contribution in [1.29, 1.82) is 0 Å². The first-order chi connectivity index (χ1) is 13.4. The lowest BCUT2D eigenvalue weighted by molar-refractivity contribution is -0.908. The number of carbonyl (C=O) groups excluding carboxylic acids is 2. The average Bonchev–Trinajstić information content (AvgIpc) is 2.94. The molecule has 3 rings (SSSR count). The van der Waals surface area contributed by atoms with E-state index in [9.17, 15) is 19.8 Å². The van der Waals surface area contributed by atoms with E-state index in [1.807, 2.05) is 0 Å². The van der Waals surface area contributed by atoms with Crippen LogP contribution >= 0.6 is 0 Å². The topological polar surface area (TPSA) is 101 Å². The minimum absolute atomic E-state index is 0.0318. The van der Waals surface area contributed by atoms with Crippen LogP contribution in [0.2, 0.25) is 0 Å². The van der Waals surface area contributed by atoms with Crippen molar-refractivity contribution in [2.45, 2.75) is 19.4 Å². The van der Waals surface area contributed by atoms with E-state index in [0.717, 1.165) is 39.3 Å². The molecule has 0 aromatic heterocycles. The smallest absolute Gasteiger partial charge is 0.290 e. The van der Waals surface area contributed by atoms with Gasteiger partial charge >= 0.3 is 0 Å². The Hall–Kier alpha value is -2.58. The fraction of sp³-hybridized carbons (Fsp3) is 0.500. The van der Waals surface area contributed by atoms with E-state index in [0.29, 0.717) is 12.1 Å². The van der Waals surface area contributed by atoms with Crippen LogP contribution in [0.5, 0.6) is 11.5 Å². The van der Waals surface area contributed by atoms with Crippen molar-refractivity contribution >= 4 is 11.7 Å². The Labute approximate surface area is 163 Å². The molecule has 1 fully saturated rings. The van der Waals surface area contributed by atoms with Crippen molar-refractivity contribution in [3.63, 3.8) is 0 Å². The number of nitrogens with zero attached hydrogens (tertiary/aromatic N) is 1. The number of phenolic OH excluding ortho intramolecular Hbond substituents is 1. The van der Waals surface area contributed by atoms with Crippen LogP contribution in [-0.2, 0) is 14.3 Å².